The normalized spacial score (nSPS) is 30.0. The Morgan fingerprint density at radius 1 is 0.745 bits per heavy atom. The third kappa shape index (κ3) is 9.77. The van der Waals surface area contributed by atoms with E-state index in [2.05, 4.69) is 20.1 Å². The zero-order chi connectivity index (χ0) is 38.7. The molecule has 18 heteroatoms. The summed E-state index contributed by atoms with van der Waals surface area (Å²) in [7, 11) is 0. The maximum atomic E-state index is 13.8. The van der Waals surface area contributed by atoms with Gasteiger partial charge in [0.1, 0.15) is 43.2 Å². The molecule has 0 bridgehead atoms. The number of hydrogen-bond donors (Lipinski definition) is 0. The number of carbonyl (C=O) groups is 3. The largest absolute Gasteiger partial charge is 0.463 e. The molecule has 0 N–H and O–H groups in total. The number of esters is 3. The molecule has 0 saturated carbocycles. The highest BCUT2D eigenvalue weighted by Crippen LogP contribution is 2.40. The van der Waals surface area contributed by atoms with Crippen LogP contribution in [-0.2, 0) is 58.8 Å². The standard InChI is InChI=1S/C37H38N6O12/c1-21(44)47-19-26-30(50-22(2)45)28(40-42-38)29(41-43-39)36(51-26)55-32-31-27(20-49-35(54-31)25-16-10-5-11-17-25)52-37(48-18-23-12-6-3-7-13-23)33(32)53-34(46)24-14-8-4-9-15-24/h3-17,26-33,35-37H,18-20H2,1-2H3/t26-,27-,28-,29+,30-,31+,32+,33-,35?,36-,37-/m1/s1. The average Bonchev–Trinajstić information content (AvgIpc) is 3.20. The van der Waals surface area contributed by atoms with Crippen molar-refractivity contribution in [3.8, 4) is 0 Å². The number of hydrogen-bond acceptors (Lipinski definition) is 14. The quantitative estimate of drug-likeness (QED) is 0.0717. The molecule has 3 aliphatic rings. The molecule has 3 heterocycles. The first-order valence-electron chi connectivity index (χ1n) is 17.3. The van der Waals surface area contributed by atoms with Crippen molar-refractivity contribution in [2.24, 2.45) is 10.2 Å². The van der Waals surface area contributed by atoms with E-state index >= 15 is 0 Å². The number of fused-ring (bicyclic) bond motifs is 1. The summed E-state index contributed by atoms with van der Waals surface area (Å²) in [5, 5.41) is 7.65. The smallest absolute Gasteiger partial charge is 0.338 e. The first kappa shape index (κ1) is 39.2. The molecule has 3 fully saturated rings. The van der Waals surface area contributed by atoms with Gasteiger partial charge in [-0.25, -0.2) is 4.79 Å². The van der Waals surface area contributed by atoms with Gasteiger partial charge < -0.3 is 42.6 Å². The van der Waals surface area contributed by atoms with E-state index in [1.54, 1.807) is 30.3 Å². The van der Waals surface area contributed by atoms with Gasteiger partial charge in [0.25, 0.3) is 0 Å². The summed E-state index contributed by atoms with van der Waals surface area (Å²) >= 11 is 0. The van der Waals surface area contributed by atoms with E-state index < -0.39 is 92.1 Å². The third-order valence-electron chi connectivity index (χ3n) is 8.92. The molecule has 6 rings (SSSR count). The number of nitrogens with zero attached hydrogens (tertiary/aromatic N) is 6. The minimum atomic E-state index is -1.60. The lowest BCUT2D eigenvalue weighted by molar-refractivity contribution is -0.384. The Balaban J connectivity index is 1.42. The lowest BCUT2D eigenvalue weighted by atomic mass is 9.93. The van der Waals surface area contributed by atoms with Crippen LogP contribution in [0.5, 0.6) is 0 Å². The maximum Gasteiger partial charge on any atom is 0.338 e. The van der Waals surface area contributed by atoms with Crippen LogP contribution >= 0.6 is 0 Å². The number of benzene rings is 3. The molecule has 0 aromatic heterocycles. The number of azide groups is 2. The first-order valence-corrected chi connectivity index (χ1v) is 17.3. The molecule has 11 atom stereocenters. The molecule has 18 nitrogen and oxygen atoms in total. The van der Waals surface area contributed by atoms with Crippen molar-refractivity contribution >= 4 is 17.9 Å². The Bertz CT molecular complexity index is 1860. The van der Waals surface area contributed by atoms with E-state index in [1.165, 1.54) is 6.92 Å². The minimum absolute atomic E-state index is 0.00904. The molecular formula is C37H38N6O12. The second-order valence-corrected chi connectivity index (χ2v) is 12.7. The van der Waals surface area contributed by atoms with Crippen molar-refractivity contribution in [2.75, 3.05) is 13.2 Å². The molecule has 1 unspecified atom stereocenters. The van der Waals surface area contributed by atoms with Gasteiger partial charge in [-0.05, 0) is 28.8 Å². The highest BCUT2D eigenvalue weighted by atomic mass is 16.8. The summed E-state index contributed by atoms with van der Waals surface area (Å²) in [5.74, 6) is -2.20. The predicted octanol–water partition coefficient (Wildman–Crippen LogP) is 5.23. The van der Waals surface area contributed by atoms with Gasteiger partial charge in [0, 0.05) is 29.2 Å². The third-order valence-corrected chi connectivity index (χ3v) is 8.92. The van der Waals surface area contributed by atoms with Crippen LogP contribution in [-0.4, -0.2) is 92.4 Å². The molecule has 55 heavy (non-hydrogen) atoms. The van der Waals surface area contributed by atoms with Crippen molar-refractivity contribution in [3.05, 3.63) is 129 Å². The molecule has 3 aliphatic heterocycles. The zero-order valence-corrected chi connectivity index (χ0v) is 29.7. The minimum Gasteiger partial charge on any atom is -0.463 e. The highest BCUT2D eigenvalue weighted by molar-refractivity contribution is 5.89. The lowest BCUT2D eigenvalue weighted by Gasteiger charge is -2.50. The Morgan fingerprint density at radius 3 is 2.05 bits per heavy atom. The number of rotatable bonds is 13. The van der Waals surface area contributed by atoms with E-state index in [9.17, 15) is 25.4 Å². The fourth-order valence-corrected chi connectivity index (χ4v) is 6.48. The van der Waals surface area contributed by atoms with Crippen LogP contribution in [0.3, 0.4) is 0 Å². The Kier molecular flexibility index (Phi) is 13.3. The molecule has 0 amide bonds. The molecular weight excluding hydrogens is 720 g/mol. The maximum absolute atomic E-state index is 13.8. The topological polar surface area (TPSA) is 232 Å². The van der Waals surface area contributed by atoms with E-state index in [0.29, 0.717) is 5.56 Å². The second-order valence-electron chi connectivity index (χ2n) is 12.7. The molecule has 3 saturated heterocycles. The fraction of sp³-hybridized carbons (Fsp3) is 0.432. The van der Waals surface area contributed by atoms with Crippen LogP contribution in [0, 0.1) is 0 Å². The van der Waals surface area contributed by atoms with Gasteiger partial charge in [0.2, 0.25) is 0 Å². The van der Waals surface area contributed by atoms with Gasteiger partial charge in [0.15, 0.2) is 25.0 Å². The lowest BCUT2D eigenvalue weighted by Crippen LogP contribution is -2.66. The summed E-state index contributed by atoms with van der Waals surface area (Å²) in [4.78, 5) is 43.7. The van der Waals surface area contributed by atoms with Gasteiger partial charge in [-0.3, -0.25) is 9.59 Å². The molecule has 0 radical (unpaired) electrons. The monoisotopic (exact) mass is 758 g/mol. The van der Waals surface area contributed by atoms with Gasteiger partial charge in [0.05, 0.1) is 24.8 Å². The summed E-state index contributed by atoms with van der Waals surface area (Å²) in [6, 6.07) is 23.7. The summed E-state index contributed by atoms with van der Waals surface area (Å²) < 4.78 is 55.1. The average molecular weight is 759 g/mol. The molecule has 0 spiro atoms. The van der Waals surface area contributed by atoms with Crippen molar-refractivity contribution in [1.82, 2.24) is 0 Å². The molecule has 3 aromatic rings. The summed E-state index contributed by atoms with van der Waals surface area (Å²) in [5.41, 5.74) is 21.0. The fourth-order valence-electron chi connectivity index (χ4n) is 6.48. The number of carbonyl (C=O) groups excluding carboxylic acids is 3. The van der Waals surface area contributed by atoms with Crippen LogP contribution in [0.2, 0.25) is 0 Å². The molecule has 288 valence electrons. The Labute approximate surface area is 314 Å². The first-order chi connectivity index (χ1) is 26.7. The summed E-state index contributed by atoms with van der Waals surface area (Å²) in [6.45, 7) is 1.85. The van der Waals surface area contributed by atoms with Crippen LogP contribution in [0.15, 0.2) is 101 Å². The van der Waals surface area contributed by atoms with Gasteiger partial charge in [-0.1, -0.05) is 89.1 Å². The highest BCUT2D eigenvalue weighted by Gasteiger charge is 2.56. The van der Waals surface area contributed by atoms with Crippen LogP contribution in [0.4, 0.5) is 0 Å². The Morgan fingerprint density at radius 2 is 1.40 bits per heavy atom. The van der Waals surface area contributed by atoms with Crippen LogP contribution in [0.25, 0.3) is 20.9 Å². The van der Waals surface area contributed by atoms with E-state index in [0.717, 1.165) is 12.5 Å². The second kappa shape index (κ2) is 18.7. The van der Waals surface area contributed by atoms with Crippen LogP contribution in [0.1, 0.15) is 41.6 Å². The van der Waals surface area contributed by atoms with E-state index in [-0.39, 0.29) is 18.8 Å². The van der Waals surface area contributed by atoms with E-state index in [4.69, 9.17) is 42.6 Å². The zero-order valence-electron chi connectivity index (χ0n) is 29.7. The SMILES string of the molecule is CC(=O)OC[C@H]1O[C@H](O[C@H]2[C@H]3OC(c4ccccc4)OC[C@H]3O[C@@H](OCc3ccccc3)[C@@H]2OC(=O)c2ccccc2)[C@@H](N=[N+]=[N-])[C@@H](N=[N+]=[N-])[C@@H]1OC(C)=O. The Hall–Kier alpha value is -5.55. The van der Waals surface area contributed by atoms with Crippen molar-refractivity contribution in [2.45, 2.75) is 88.0 Å². The van der Waals surface area contributed by atoms with Gasteiger partial charge in [-0.15, -0.1) is 0 Å². The van der Waals surface area contributed by atoms with Crippen molar-refractivity contribution in [1.29, 1.82) is 0 Å². The van der Waals surface area contributed by atoms with Crippen molar-refractivity contribution in [3.63, 3.8) is 0 Å². The van der Waals surface area contributed by atoms with Crippen LogP contribution < -0.4 is 0 Å². The number of ether oxygens (including phenoxy) is 9. The van der Waals surface area contributed by atoms with E-state index in [1.807, 2.05) is 60.7 Å². The molecule has 3 aromatic carbocycles. The van der Waals surface area contributed by atoms with Crippen molar-refractivity contribution < 1.29 is 57.0 Å². The molecule has 0 aliphatic carbocycles. The summed E-state index contributed by atoms with van der Waals surface area (Å²) in [6.07, 6.45) is -11.0. The predicted molar refractivity (Wildman–Crippen MR) is 187 cm³/mol. The van der Waals surface area contributed by atoms with Gasteiger partial charge in [-0.2, -0.15) is 0 Å². The van der Waals surface area contributed by atoms with Gasteiger partial charge >= 0.3 is 17.9 Å².